The third-order valence-corrected chi connectivity index (χ3v) is 10.4. The van der Waals surface area contributed by atoms with Crippen LogP contribution in [0.2, 0.25) is 5.02 Å². The maximum atomic E-state index is 13.8. The molecule has 0 aliphatic heterocycles. The fourth-order valence-electron chi connectivity index (χ4n) is 5.09. The monoisotopic (exact) mass is 773 g/mol. The Labute approximate surface area is 293 Å². The lowest BCUT2D eigenvalue weighted by Gasteiger charge is -2.24. The molecule has 1 aliphatic carbocycles. The second kappa shape index (κ2) is 12.6. The first-order valence-electron chi connectivity index (χ1n) is 13.8. The molecule has 0 saturated heterocycles. The fraction of sp³-hybridized carbons (Fsp3) is 0. The molecule has 18 nitrogen and oxygen atoms in total. The molecule has 0 atom stereocenters. The molecule has 6 rings (SSSR count). The van der Waals surface area contributed by atoms with E-state index in [9.17, 15) is 48.5 Å². The molecule has 22 heteroatoms. The van der Waals surface area contributed by atoms with E-state index in [-0.39, 0.29) is 39.3 Å². The molecular formula is C29H20ClN7O11S3. The van der Waals surface area contributed by atoms with Gasteiger partial charge in [-0.15, -0.1) is 0 Å². The molecule has 51 heavy (non-hydrogen) atoms. The SMILES string of the molecule is Nc1c(S(=O)(=O)O)cc(Nc2cc(S(=O)(=O)O)c(Cl)cc2Nc2ncnc(Nc3ccc(S(=O)(=O)O)cc3)n2)c2c1C(=O)c1ccccc1C2=O. The van der Waals surface area contributed by atoms with Crippen LogP contribution in [0.4, 0.5) is 40.3 Å². The first kappa shape index (κ1) is 35.3. The van der Waals surface area contributed by atoms with Crippen LogP contribution in [0, 0.1) is 0 Å². The Morgan fingerprint density at radius 1 is 0.627 bits per heavy atom. The van der Waals surface area contributed by atoms with Crippen LogP contribution in [0.5, 0.6) is 0 Å². The van der Waals surface area contributed by atoms with Gasteiger partial charge in [0.05, 0.1) is 43.8 Å². The second-order valence-electron chi connectivity index (χ2n) is 10.6. The van der Waals surface area contributed by atoms with Crippen LogP contribution in [-0.4, -0.2) is 65.4 Å². The summed E-state index contributed by atoms with van der Waals surface area (Å²) < 4.78 is 101. The van der Waals surface area contributed by atoms with Crippen molar-refractivity contribution in [2.45, 2.75) is 14.7 Å². The minimum absolute atomic E-state index is 0.0528. The molecule has 0 spiro atoms. The third kappa shape index (κ3) is 6.94. The largest absolute Gasteiger partial charge is 0.397 e. The van der Waals surface area contributed by atoms with Crippen LogP contribution in [-0.2, 0) is 30.4 Å². The zero-order chi connectivity index (χ0) is 37.0. The van der Waals surface area contributed by atoms with Crippen molar-refractivity contribution in [3.8, 4) is 0 Å². The molecule has 1 aromatic heterocycles. The first-order chi connectivity index (χ1) is 23.8. The number of nitrogens with zero attached hydrogens (tertiary/aromatic N) is 3. The van der Waals surface area contributed by atoms with Gasteiger partial charge in [-0.05, 0) is 42.5 Å². The van der Waals surface area contributed by atoms with Gasteiger partial charge in [-0.2, -0.15) is 30.2 Å². The number of hydrogen-bond acceptors (Lipinski definition) is 15. The average Bonchev–Trinajstić information content (AvgIpc) is 3.04. The molecule has 1 aliphatic rings. The summed E-state index contributed by atoms with van der Waals surface area (Å²) in [6.45, 7) is 0. The number of anilines is 7. The van der Waals surface area contributed by atoms with Crippen LogP contribution < -0.4 is 21.7 Å². The Morgan fingerprint density at radius 3 is 1.73 bits per heavy atom. The molecule has 4 aromatic carbocycles. The van der Waals surface area contributed by atoms with Crippen molar-refractivity contribution < 1.29 is 48.5 Å². The number of ketones is 2. The zero-order valence-corrected chi connectivity index (χ0v) is 28.3. The van der Waals surface area contributed by atoms with Gasteiger partial charge < -0.3 is 21.7 Å². The van der Waals surface area contributed by atoms with E-state index in [0.717, 1.165) is 36.7 Å². The summed E-state index contributed by atoms with van der Waals surface area (Å²) in [5, 5.41) is 7.74. The predicted molar refractivity (Wildman–Crippen MR) is 181 cm³/mol. The van der Waals surface area contributed by atoms with Crippen LogP contribution in [0.3, 0.4) is 0 Å². The zero-order valence-electron chi connectivity index (χ0n) is 25.1. The van der Waals surface area contributed by atoms with E-state index in [1.54, 1.807) is 0 Å². The maximum Gasteiger partial charge on any atom is 0.296 e. The second-order valence-corrected chi connectivity index (χ2v) is 15.2. The summed E-state index contributed by atoms with van der Waals surface area (Å²) in [5.74, 6) is -1.90. The summed E-state index contributed by atoms with van der Waals surface area (Å²) in [6, 6.07) is 13.1. The molecule has 0 unspecified atom stereocenters. The van der Waals surface area contributed by atoms with E-state index < -0.39 is 79.2 Å². The van der Waals surface area contributed by atoms with Crippen molar-refractivity contribution in [3.63, 3.8) is 0 Å². The van der Waals surface area contributed by atoms with Crippen molar-refractivity contribution in [2.24, 2.45) is 0 Å². The lowest BCUT2D eigenvalue weighted by Crippen LogP contribution is -2.25. The number of rotatable bonds is 9. The minimum atomic E-state index is -5.11. The van der Waals surface area contributed by atoms with Gasteiger partial charge in [-0.25, -0.2) is 9.97 Å². The number of nitrogens with two attached hydrogens (primary N) is 1. The number of nitrogen functional groups attached to an aromatic ring is 1. The Kier molecular flexibility index (Phi) is 8.75. The van der Waals surface area contributed by atoms with Crippen LogP contribution in [0.15, 0.2) is 87.7 Å². The molecule has 0 saturated carbocycles. The van der Waals surface area contributed by atoms with Crippen LogP contribution >= 0.6 is 11.6 Å². The molecule has 1 heterocycles. The number of hydrogen-bond donors (Lipinski definition) is 7. The number of halogens is 1. The number of carbonyl (C=O) groups excluding carboxylic acids is 2. The van der Waals surface area contributed by atoms with Gasteiger partial charge >= 0.3 is 0 Å². The molecule has 262 valence electrons. The summed E-state index contributed by atoms with van der Waals surface area (Å²) in [4.78, 5) is 37.4. The smallest absolute Gasteiger partial charge is 0.296 e. The van der Waals surface area contributed by atoms with E-state index in [2.05, 4.69) is 30.9 Å². The van der Waals surface area contributed by atoms with Crippen LogP contribution in [0.25, 0.3) is 0 Å². The summed E-state index contributed by atoms with van der Waals surface area (Å²) in [7, 11) is -14.5. The van der Waals surface area contributed by atoms with Gasteiger partial charge in [0.25, 0.3) is 30.4 Å². The van der Waals surface area contributed by atoms with E-state index >= 15 is 0 Å². The van der Waals surface area contributed by atoms with E-state index in [1.807, 2.05) is 0 Å². The number of nitrogens with one attached hydrogen (secondary N) is 3. The number of aromatic nitrogens is 3. The van der Waals surface area contributed by atoms with Crippen molar-refractivity contribution in [2.75, 3.05) is 21.7 Å². The van der Waals surface area contributed by atoms with Gasteiger partial charge in [-0.3, -0.25) is 23.2 Å². The maximum absolute atomic E-state index is 13.8. The molecule has 0 radical (unpaired) electrons. The molecule has 0 amide bonds. The number of fused-ring (bicyclic) bond motifs is 2. The summed E-state index contributed by atoms with van der Waals surface area (Å²) in [5.41, 5.74) is 3.68. The van der Waals surface area contributed by atoms with Crippen molar-refractivity contribution >= 4 is 93.9 Å². The average molecular weight is 774 g/mol. The lowest BCUT2D eigenvalue weighted by atomic mass is 9.82. The summed E-state index contributed by atoms with van der Waals surface area (Å²) in [6.07, 6.45) is 1.06. The molecule has 8 N–H and O–H groups in total. The van der Waals surface area contributed by atoms with E-state index in [4.69, 9.17) is 17.3 Å². The van der Waals surface area contributed by atoms with Crippen molar-refractivity contribution in [1.82, 2.24) is 15.0 Å². The number of benzene rings is 4. The molecule has 0 fully saturated rings. The van der Waals surface area contributed by atoms with Crippen molar-refractivity contribution in [3.05, 3.63) is 100 Å². The first-order valence-corrected chi connectivity index (χ1v) is 18.5. The standard InChI is InChI=1S/C29H20ClN7O11S3/c30-17-9-18(36-29-33-12-32-28(37-29)34-13-5-7-14(8-6-13)49(40,41)42)19(10-21(17)50(43,44)45)35-20-11-22(51(46,47)48)25(31)24-23(20)26(38)15-3-1-2-4-16(15)27(24)39/h1-12,35H,31H2,(H,40,41,42)(H,43,44,45)(H,46,47,48)(H2,32,33,34,36,37). The Bertz CT molecular complexity index is 2660. The van der Waals surface area contributed by atoms with Gasteiger partial charge in [0.1, 0.15) is 16.1 Å². The predicted octanol–water partition coefficient (Wildman–Crippen LogP) is 3.85. The van der Waals surface area contributed by atoms with E-state index in [0.29, 0.717) is 5.69 Å². The quantitative estimate of drug-likeness (QED) is 0.0810. The highest BCUT2D eigenvalue weighted by Gasteiger charge is 2.37. The molecule has 5 aromatic rings. The Balaban J connectivity index is 1.46. The normalized spacial score (nSPS) is 12.9. The van der Waals surface area contributed by atoms with Crippen LogP contribution in [0.1, 0.15) is 31.8 Å². The van der Waals surface area contributed by atoms with Crippen molar-refractivity contribution in [1.29, 1.82) is 0 Å². The minimum Gasteiger partial charge on any atom is -0.397 e. The topological polar surface area (TPSA) is 298 Å². The third-order valence-electron chi connectivity index (χ3n) is 7.32. The Morgan fingerprint density at radius 2 is 1.16 bits per heavy atom. The highest BCUT2D eigenvalue weighted by Crippen LogP contribution is 2.42. The summed E-state index contributed by atoms with van der Waals surface area (Å²) >= 11 is 6.20. The van der Waals surface area contributed by atoms with Gasteiger partial charge in [0.15, 0.2) is 11.6 Å². The van der Waals surface area contributed by atoms with Gasteiger partial charge in [0.2, 0.25) is 11.9 Å². The van der Waals surface area contributed by atoms with E-state index in [1.165, 1.54) is 36.4 Å². The highest BCUT2D eigenvalue weighted by atomic mass is 35.5. The number of carbonyl (C=O) groups is 2. The van der Waals surface area contributed by atoms with Gasteiger partial charge in [0, 0.05) is 16.8 Å². The van der Waals surface area contributed by atoms with Gasteiger partial charge in [-0.1, -0.05) is 35.9 Å². The molecule has 0 bridgehead atoms. The molecular weight excluding hydrogens is 754 g/mol. The lowest BCUT2D eigenvalue weighted by molar-refractivity contribution is 0.0980. The highest BCUT2D eigenvalue weighted by molar-refractivity contribution is 7.86. The fourth-order valence-corrected chi connectivity index (χ4v) is 7.24. The Hall–Kier alpha value is -5.55.